The van der Waals surface area contributed by atoms with Crippen molar-refractivity contribution in [2.45, 2.75) is 123 Å². The number of ether oxygens (including phenoxy) is 3. The third-order valence-electron chi connectivity index (χ3n) is 7.11. The van der Waals surface area contributed by atoms with Crippen LogP contribution in [0.2, 0.25) is 0 Å². The van der Waals surface area contributed by atoms with Crippen molar-refractivity contribution in [3.8, 4) is 0 Å². The van der Waals surface area contributed by atoms with Crippen LogP contribution in [0.25, 0.3) is 10.8 Å². The van der Waals surface area contributed by atoms with E-state index in [0.717, 1.165) is 49.3 Å². The lowest BCUT2D eigenvalue weighted by atomic mass is 10.0. The Morgan fingerprint density at radius 3 is 1.62 bits per heavy atom. The first-order chi connectivity index (χ1) is 19.5. The molecular formula is C34H50O6. The van der Waals surface area contributed by atoms with Crippen molar-refractivity contribution in [2.24, 2.45) is 0 Å². The van der Waals surface area contributed by atoms with Crippen molar-refractivity contribution in [2.75, 3.05) is 13.2 Å². The van der Waals surface area contributed by atoms with E-state index in [1.807, 2.05) is 30.3 Å². The monoisotopic (exact) mass is 554 g/mol. The summed E-state index contributed by atoms with van der Waals surface area (Å²) in [6, 6.07) is 13.0. The van der Waals surface area contributed by atoms with Crippen molar-refractivity contribution in [3.05, 3.63) is 48.0 Å². The van der Waals surface area contributed by atoms with Crippen LogP contribution < -0.4 is 0 Å². The van der Waals surface area contributed by atoms with Crippen molar-refractivity contribution < 1.29 is 28.6 Å². The van der Waals surface area contributed by atoms with E-state index in [1.54, 1.807) is 12.1 Å². The third kappa shape index (κ3) is 14.0. The van der Waals surface area contributed by atoms with Crippen LogP contribution in [0.4, 0.5) is 0 Å². The number of carbonyl (C=O) groups is 3. The molecule has 0 saturated carbocycles. The first-order valence-electron chi connectivity index (χ1n) is 15.5. The van der Waals surface area contributed by atoms with Crippen molar-refractivity contribution >= 4 is 28.7 Å². The van der Waals surface area contributed by atoms with Crippen molar-refractivity contribution in [1.82, 2.24) is 0 Å². The summed E-state index contributed by atoms with van der Waals surface area (Å²) in [4.78, 5) is 37.8. The Kier molecular flexibility index (Phi) is 17.4. The number of benzene rings is 2. The highest BCUT2D eigenvalue weighted by Gasteiger charge is 2.21. The molecule has 0 radical (unpaired) electrons. The van der Waals surface area contributed by atoms with Gasteiger partial charge < -0.3 is 14.2 Å². The Balaban J connectivity index is 1.85. The number of fused-ring (bicyclic) bond motifs is 1. The van der Waals surface area contributed by atoms with Gasteiger partial charge in [0.25, 0.3) is 0 Å². The van der Waals surface area contributed by atoms with Crippen molar-refractivity contribution in [1.29, 1.82) is 0 Å². The lowest BCUT2D eigenvalue weighted by Gasteiger charge is -2.19. The zero-order valence-electron chi connectivity index (χ0n) is 24.8. The molecule has 40 heavy (non-hydrogen) atoms. The molecule has 0 saturated heterocycles. The first-order valence-corrected chi connectivity index (χ1v) is 15.5. The van der Waals surface area contributed by atoms with Crippen LogP contribution in [0.3, 0.4) is 0 Å². The second-order valence-corrected chi connectivity index (χ2v) is 10.7. The zero-order chi connectivity index (χ0) is 28.8. The van der Waals surface area contributed by atoms with E-state index in [-0.39, 0.29) is 25.2 Å². The van der Waals surface area contributed by atoms with Gasteiger partial charge in [-0.1, -0.05) is 127 Å². The number of esters is 3. The van der Waals surface area contributed by atoms with E-state index in [2.05, 4.69) is 13.8 Å². The van der Waals surface area contributed by atoms with E-state index < -0.39 is 12.1 Å². The second kappa shape index (κ2) is 20.9. The molecule has 2 aromatic rings. The minimum absolute atomic E-state index is 0.142. The number of hydrogen-bond acceptors (Lipinski definition) is 6. The minimum Gasteiger partial charge on any atom is -0.462 e. The van der Waals surface area contributed by atoms with E-state index in [9.17, 15) is 14.4 Å². The van der Waals surface area contributed by atoms with Gasteiger partial charge in [-0.25, -0.2) is 4.79 Å². The van der Waals surface area contributed by atoms with Gasteiger partial charge in [0.1, 0.15) is 13.2 Å². The highest BCUT2D eigenvalue weighted by atomic mass is 16.6. The fourth-order valence-corrected chi connectivity index (χ4v) is 4.70. The minimum atomic E-state index is -0.873. The Labute approximate surface area is 241 Å². The summed E-state index contributed by atoms with van der Waals surface area (Å²) in [5, 5.41) is 1.70. The van der Waals surface area contributed by atoms with Gasteiger partial charge in [0.2, 0.25) is 0 Å². The molecule has 0 aliphatic rings. The average Bonchev–Trinajstić information content (AvgIpc) is 2.97. The SMILES string of the molecule is CCCCCCCCCC(=O)OCC(COC(=O)CCCCCCCCC)OC(=O)c1cccc2ccccc12. The Hall–Kier alpha value is -2.89. The maximum absolute atomic E-state index is 13.1. The zero-order valence-corrected chi connectivity index (χ0v) is 24.8. The van der Waals surface area contributed by atoms with E-state index >= 15 is 0 Å². The van der Waals surface area contributed by atoms with Crippen LogP contribution in [0.1, 0.15) is 127 Å². The molecule has 6 nitrogen and oxygen atoms in total. The highest BCUT2D eigenvalue weighted by Crippen LogP contribution is 2.20. The van der Waals surface area contributed by atoms with Gasteiger partial charge in [-0.2, -0.15) is 0 Å². The number of rotatable bonds is 22. The molecule has 0 aromatic heterocycles. The van der Waals surface area contributed by atoms with Crippen LogP contribution in [0.15, 0.2) is 42.5 Å². The Morgan fingerprint density at radius 1 is 0.600 bits per heavy atom. The van der Waals surface area contributed by atoms with E-state index in [4.69, 9.17) is 14.2 Å². The molecule has 0 fully saturated rings. The van der Waals surface area contributed by atoms with Crippen LogP contribution >= 0.6 is 0 Å². The molecule has 2 aromatic carbocycles. The molecule has 0 aliphatic heterocycles. The summed E-state index contributed by atoms with van der Waals surface area (Å²) in [6.45, 7) is 4.10. The van der Waals surface area contributed by atoms with Gasteiger partial charge in [0, 0.05) is 12.8 Å². The molecule has 0 N–H and O–H groups in total. The Bertz CT molecular complexity index is 962. The predicted molar refractivity (Wildman–Crippen MR) is 160 cm³/mol. The molecule has 0 atom stereocenters. The number of unbranched alkanes of at least 4 members (excludes halogenated alkanes) is 12. The van der Waals surface area contributed by atoms with Crippen molar-refractivity contribution in [3.63, 3.8) is 0 Å². The smallest absolute Gasteiger partial charge is 0.339 e. The molecule has 0 amide bonds. The summed E-state index contributed by atoms with van der Waals surface area (Å²) in [5.74, 6) is -1.18. The molecule has 222 valence electrons. The van der Waals surface area contributed by atoms with Gasteiger partial charge in [0.15, 0.2) is 6.10 Å². The molecule has 0 heterocycles. The summed E-state index contributed by atoms with van der Waals surface area (Å²) in [6.07, 6.45) is 15.4. The van der Waals surface area contributed by atoms with Crippen LogP contribution in [-0.2, 0) is 23.8 Å². The first kappa shape index (κ1) is 33.3. The molecule has 2 rings (SSSR count). The topological polar surface area (TPSA) is 78.9 Å². The molecule has 0 unspecified atom stereocenters. The fraction of sp³-hybridized carbons (Fsp3) is 0.618. The van der Waals surface area contributed by atoms with Gasteiger partial charge in [-0.05, 0) is 29.7 Å². The lowest BCUT2D eigenvalue weighted by molar-refractivity contribution is -0.152. The van der Waals surface area contributed by atoms with Gasteiger partial charge in [-0.3, -0.25) is 9.59 Å². The second-order valence-electron chi connectivity index (χ2n) is 10.7. The fourth-order valence-electron chi connectivity index (χ4n) is 4.70. The standard InChI is InChI=1S/C34H50O6/c1-3-5-7-9-11-13-15-24-32(35)38-26-29(27-39-33(36)25-16-14-12-10-8-6-4-2)40-34(37)31-23-19-21-28-20-17-18-22-30(28)31/h17-23,29H,3-16,24-27H2,1-2H3. The quantitative estimate of drug-likeness (QED) is 0.0822. The molecule has 0 aliphatic carbocycles. The van der Waals surface area contributed by atoms with E-state index in [1.165, 1.54) is 51.4 Å². The maximum atomic E-state index is 13.1. The largest absolute Gasteiger partial charge is 0.462 e. The predicted octanol–water partition coefficient (Wildman–Crippen LogP) is 8.73. The van der Waals surface area contributed by atoms with Gasteiger partial charge in [-0.15, -0.1) is 0 Å². The average molecular weight is 555 g/mol. The molecule has 0 bridgehead atoms. The van der Waals surface area contributed by atoms with Crippen LogP contribution in [-0.4, -0.2) is 37.2 Å². The van der Waals surface area contributed by atoms with Crippen LogP contribution in [0.5, 0.6) is 0 Å². The summed E-state index contributed by atoms with van der Waals surface area (Å²) in [7, 11) is 0. The van der Waals surface area contributed by atoms with Gasteiger partial charge >= 0.3 is 17.9 Å². The van der Waals surface area contributed by atoms with E-state index in [0.29, 0.717) is 18.4 Å². The third-order valence-corrected chi connectivity index (χ3v) is 7.11. The Morgan fingerprint density at radius 2 is 1.07 bits per heavy atom. The molecule has 6 heteroatoms. The van der Waals surface area contributed by atoms with Gasteiger partial charge in [0.05, 0.1) is 5.56 Å². The molecule has 0 spiro atoms. The maximum Gasteiger partial charge on any atom is 0.339 e. The number of hydrogen-bond donors (Lipinski definition) is 0. The summed E-state index contributed by atoms with van der Waals surface area (Å²) >= 11 is 0. The summed E-state index contributed by atoms with van der Waals surface area (Å²) in [5.41, 5.74) is 0.423. The molecular weight excluding hydrogens is 504 g/mol. The van der Waals surface area contributed by atoms with Crippen LogP contribution in [0, 0.1) is 0 Å². The summed E-state index contributed by atoms with van der Waals surface area (Å²) < 4.78 is 16.6. The highest BCUT2D eigenvalue weighted by molar-refractivity contribution is 6.04. The normalized spacial score (nSPS) is 11.1. The number of carbonyl (C=O) groups excluding carboxylic acids is 3. The lowest BCUT2D eigenvalue weighted by Crippen LogP contribution is -2.31.